The van der Waals surface area contributed by atoms with Crippen LogP contribution in [0.15, 0.2) is 36.9 Å². The van der Waals surface area contributed by atoms with E-state index in [0.29, 0.717) is 18.8 Å². The van der Waals surface area contributed by atoms with Crippen molar-refractivity contribution in [1.29, 1.82) is 0 Å². The molecule has 1 fully saturated rings. The number of aromatic amines is 1. The average Bonchev–Trinajstić information content (AvgIpc) is 3.18. The molecule has 1 aliphatic carbocycles. The van der Waals surface area contributed by atoms with Gasteiger partial charge in [-0.1, -0.05) is 0 Å². The summed E-state index contributed by atoms with van der Waals surface area (Å²) < 4.78 is 1.73. The Hall–Kier alpha value is -3.00. The minimum Gasteiger partial charge on any atom is -0.390 e. The second-order valence-electron chi connectivity index (χ2n) is 6.85. The molecule has 25 heavy (non-hydrogen) atoms. The summed E-state index contributed by atoms with van der Waals surface area (Å²) in [5.41, 5.74) is 2.78. The van der Waals surface area contributed by atoms with Crippen LogP contribution >= 0.6 is 0 Å². The number of aliphatic hydroxyl groups is 1. The molecule has 0 aromatic carbocycles. The molecule has 5 rings (SSSR count). The van der Waals surface area contributed by atoms with Crippen LogP contribution in [0.1, 0.15) is 19.8 Å². The van der Waals surface area contributed by atoms with Gasteiger partial charge in [0, 0.05) is 41.6 Å². The van der Waals surface area contributed by atoms with E-state index in [-0.39, 0.29) is 6.04 Å². The standard InChI is InChI=1S/C17H17N7O/c1-17(25)6-10(7-17)21-16-19-9-12-11(8-18-15(12)23-16)13-3-5-24-14(22-13)2-4-20-24/h2-5,8-10,25H,6-7H2,1H3,(H2,18,19,21,23)/t10-,17+. The summed E-state index contributed by atoms with van der Waals surface area (Å²) in [7, 11) is 0. The minimum atomic E-state index is -0.570. The van der Waals surface area contributed by atoms with Crippen LogP contribution in [0.25, 0.3) is 27.9 Å². The SMILES string of the molecule is C[C@]1(O)C[C@@H](Nc2ncc3c(-c4ccn5nccc5n4)c[nH]c3n2)C1. The van der Waals surface area contributed by atoms with Crippen LogP contribution in [0.4, 0.5) is 5.95 Å². The van der Waals surface area contributed by atoms with E-state index >= 15 is 0 Å². The summed E-state index contributed by atoms with van der Waals surface area (Å²) in [4.78, 5) is 16.8. The molecule has 0 saturated heterocycles. The average molecular weight is 335 g/mol. The van der Waals surface area contributed by atoms with Gasteiger partial charge in [-0.15, -0.1) is 0 Å². The van der Waals surface area contributed by atoms with Gasteiger partial charge < -0.3 is 15.4 Å². The van der Waals surface area contributed by atoms with E-state index in [4.69, 9.17) is 0 Å². The number of aromatic nitrogens is 6. The van der Waals surface area contributed by atoms with Crippen molar-refractivity contribution in [3.8, 4) is 11.3 Å². The first-order chi connectivity index (χ1) is 12.1. The molecule has 0 atom stereocenters. The van der Waals surface area contributed by atoms with Gasteiger partial charge in [-0.05, 0) is 25.8 Å². The number of hydrogen-bond acceptors (Lipinski definition) is 6. The lowest BCUT2D eigenvalue weighted by Crippen LogP contribution is -2.48. The maximum Gasteiger partial charge on any atom is 0.224 e. The highest BCUT2D eigenvalue weighted by Crippen LogP contribution is 2.33. The third kappa shape index (κ3) is 2.42. The van der Waals surface area contributed by atoms with Gasteiger partial charge in [0.2, 0.25) is 5.95 Å². The van der Waals surface area contributed by atoms with Crippen LogP contribution in [-0.2, 0) is 0 Å². The first-order valence-corrected chi connectivity index (χ1v) is 8.21. The number of nitrogens with zero attached hydrogens (tertiary/aromatic N) is 5. The fourth-order valence-corrected chi connectivity index (χ4v) is 3.44. The Morgan fingerprint density at radius 3 is 3.04 bits per heavy atom. The molecular formula is C17H17N7O. The molecule has 0 aliphatic heterocycles. The van der Waals surface area contributed by atoms with Crippen molar-refractivity contribution in [2.75, 3.05) is 5.32 Å². The molecule has 1 aliphatic rings. The highest BCUT2D eigenvalue weighted by atomic mass is 16.3. The largest absolute Gasteiger partial charge is 0.390 e. The van der Waals surface area contributed by atoms with Crippen molar-refractivity contribution in [3.05, 3.63) is 36.9 Å². The van der Waals surface area contributed by atoms with Crippen LogP contribution in [0, 0.1) is 0 Å². The molecule has 0 spiro atoms. The molecule has 0 radical (unpaired) electrons. The Labute approximate surface area is 143 Å². The predicted molar refractivity (Wildman–Crippen MR) is 93.1 cm³/mol. The Balaban J connectivity index is 1.46. The zero-order valence-corrected chi connectivity index (χ0v) is 13.6. The second kappa shape index (κ2) is 5.00. The van der Waals surface area contributed by atoms with Crippen LogP contribution in [0.3, 0.4) is 0 Å². The molecule has 126 valence electrons. The molecule has 4 aromatic rings. The van der Waals surface area contributed by atoms with E-state index in [1.165, 1.54) is 0 Å². The van der Waals surface area contributed by atoms with Gasteiger partial charge in [-0.25, -0.2) is 14.5 Å². The first-order valence-electron chi connectivity index (χ1n) is 8.21. The Bertz CT molecular complexity index is 1070. The summed E-state index contributed by atoms with van der Waals surface area (Å²) in [6.45, 7) is 1.84. The van der Waals surface area contributed by atoms with Crippen molar-refractivity contribution < 1.29 is 5.11 Å². The molecule has 0 amide bonds. The van der Waals surface area contributed by atoms with Gasteiger partial charge in [0.1, 0.15) is 5.65 Å². The fourth-order valence-electron chi connectivity index (χ4n) is 3.44. The maximum atomic E-state index is 9.82. The van der Waals surface area contributed by atoms with Gasteiger partial charge in [0.25, 0.3) is 0 Å². The third-order valence-corrected chi connectivity index (χ3v) is 4.67. The lowest BCUT2D eigenvalue weighted by Gasteiger charge is -2.41. The zero-order valence-electron chi connectivity index (χ0n) is 13.6. The smallest absolute Gasteiger partial charge is 0.224 e. The Kier molecular flexibility index (Phi) is 2.87. The van der Waals surface area contributed by atoms with Gasteiger partial charge in [0.05, 0.1) is 17.5 Å². The summed E-state index contributed by atoms with van der Waals surface area (Å²) in [5.74, 6) is 0.570. The molecule has 8 heteroatoms. The van der Waals surface area contributed by atoms with Crippen LogP contribution in [0.5, 0.6) is 0 Å². The van der Waals surface area contributed by atoms with Crippen LogP contribution in [0.2, 0.25) is 0 Å². The molecule has 0 bridgehead atoms. The van der Waals surface area contributed by atoms with E-state index in [2.05, 4.69) is 30.4 Å². The number of rotatable bonds is 3. The van der Waals surface area contributed by atoms with E-state index in [9.17, 15) is 5.11 Å². The molecular weight excluding hydrogens is 318 g/mol. The highest BCUT2D eigenvalue weighted by Gasteiger charge is 2.38. The number of fused-ring (bicyclic) bond motifs is 2. The number of H-pyrrole nitrogens is 1. The third-order valence-electron chi connectivity index (χ3n) is 4.67. The lowest BCUT2D eigenvalue weighted by molar-refractivity contribution is -0.0235. The first kappa shape index (κ1) is 14.4. The predicted octanol–water partition coefficient (Wildman–Crippen LogP) is 1.99. The fraction of sp³-hybridized carbons (Fsp3) is 0.294. The van der Waals surface area contributed by atoms with Crippen molar-refractivity contribution in [2.45, 2.75) is 31.4 Å². The van der Waals surface area contributed by atoms with Gasteiger partial charge in [-0.3, -0.25) is 0 Å². The Morgan fingerprint density at radius 2 is 2.20 bits per heavy atom. The summed E-state index contributed by atoms with van der Waals surface area (Å²) in [5, 5.41) is 18.2. The highest BCUT2D eigenvalue weighted by molar-refractivity contribution is 5.92. The molecule has 1 saturated carbocycles. The number of nitrogens with one attached hydrogen (secondary N) is 2. The Morgan fingerprint density at radius 1 is 1.32 bits per heavy atom. The van der Waals surface area contributed by atoms with E-state index < -0.39 is 5.60 Å². The van der Waals surface area contributed by atoms with Gasteiger partial charge in [0.15, 0.2) is 5.65 Å². The summed E-state index contributed by atoms with van der Waals surface area (Å²) in [6, 6.07) is 4.00. The number of anilines is 1. The normalized spacial score (nSPS) is 23.0. The minimum absolute atomic E-state index is 0.216. The van der Waals surface area contributed by atoms with Gasteiger partial charge in [-0.2, -0.15) is 10.1 Å². The van der Waals surface area contributed by atoms with Crippen molar-refractivity contribution in [1.82, 2.24) is 29.5 Å². The molecule has 4 heterocycles. The summed E-state index contributed by atoms with van der Waals surface area (Å²) >= 11 is 0. The molecule has 4 aromatic heterocycles. The maximum absolute atomic E-state index is 9.82. The molecule has 8 nitrogen and oxygen atoms in total. The van der Waals surface area contributed by atoms with Crippen LogP contribution < -0.4 is 5.32 Å². The van der Waals surface area contributed by atoms with E-state index in [1.807, 2.05) is 31.5 Å². The molecule has 0 unspecified atom stereocenters. The second-order valence-corrected chi connectivity index (χ2v) is 6.85. The van der Waals surface area contributed by atoms with Crippen molar-refractivity contribution in [2.24, 2.45) is 0 Å². The number of hydrogen-bond donors (Lipinski definition) is 3. The topological polar surface area (TPSA) is 104 Å². The van der Waals surface area contributed by atoms with E-state index in [0.717, 1.165) is 27.9 Å². The molecule has 3 N–H and O–H groups in total. The van der Waals surface area contributed by atoms with Gasteiger partial charge >= 0.3 is 0 Å². The van der Waals surface area contributed by atoms with E-state index in [1.54, 1.807) is 16.9 Å². The zero-order chi connectivity index (χ0) is 17.0. The van der Waals surface area contributed by atoms with Crippen molar-refractivity contribution in [3.63, 3.8) is 0 Å². The monoisotopic (exact) mass is 335 g/mol. The lowest BCUT2D eigenvalue weighted by atomic mass is 9.77. The summed E-state index contributed by atoms with van der Waals surface area (Å²) in [6.07, 6.45) is 8.72. The quantitative estimate of drug-likeness (QED) is 0.529. The van der Waals surface area contributed by atoms with Crippen LogP contribution in [-0.4, -0.2) is 46.3 Å². The van der Waals surface area contributed by atoms with Crippen molar-refractivity contribution >= 4 is 22.6 Å².